The highest BCUT2D eigenvalue weighted by atomic mass is 16.5. The van der Waals surface area contributed by atoms with Crippen LogP contribution in [0.15, 0.2) is 18.2 Å². The number of nitrogens with one attached hydrogen (secondary N) is 2. The normalized spacial score (nSPS) is 28.5. The van der Waals surface area contributed by atoms with E-state index in [1.54, 1.807) is 18.1 Å². The zero-order valence-electron chi connectivity index (χ0n) is 20.3. The summed E-state index contributed by atoms with van der Waals surface area (Å²) >= 11 is 0. The summed E-state index contributed by atoms with van der Waals surface area (Å²) in [6, 6.07) is 5.20. The van der Waals surface area contributed by atoms with Gasteiger partial charge in [0.2, 0.25) is 11.8 Å². The molecule has 0 bridgehead atoms. The molecule has 3 fully saturated rings. The number of imide groups is 1. The van der Waals surface area contributed by atoms with Gasteiger partial charge in [0.15, 0.2) is 0 Å². The first-order valence-electron chi connectivity index (χ1n) is 12.8. The summed E-state index contributed by atoms with van der Waals surface area (Å²) in [6.45, 7) is 2.58. The van der Waals surface area contributed by atoms with E-state index in [0.717, 1.165) is 63.2 Å². The van der Waals surface area contributed by atoms with Crippen LogP contribution in [0.2, 0.25) is 0 Å². The second kappa shape index (κ2) is 10.2. The second-order valence-electron chi connectivity index (χ2n) is 10.1. The lowest BCUT2D eigenvalue weighted by Gasteiger charge is -2.39. The predicted molar refractivity (Wildman–Crippen MR) is 127 cm³/mol. The second-order valence-corrected chi connectivity index (χ2v) is 10.1. The highest BCUT2D eigenvalue weighted by Crippen LogP contribution is 2.32. The molecule has 0 aromatic heterocycles. The van der Waals surface area contributed by atoms with Crippen LogP contribution in [-0.2, 0) is 25.6 Å². The number of rotatable bonds is 7. The first-order valence-corrected chi connectivity index (χ1v) is 12.8. The van der Waals surface area contributed by atoms with Crippen LogP contribution in [0.25, 0.3) is 0 Å². The van der Waals surface area contributed by atoms with E-state index < -0.39 is 11.9 Å². The molecule has 2 saturated heterocycles. The fourth-order valence-electron chi connectivity index (χ4n) is 5.78. The lowest BCUT2D eigenvalue weighted by atomic mass is 9.89. The number of benzene rings is 1. The molecule has 2 N–H and O–H groups in total. The number of ether oxygens (including phenoxy) is 3. The molecule has 1 aromatic carbocycles. The minimum atomic E-state index is -0.609. The van der Waals surface area contributed by atoms with Crippen molar-refractivity contribution in [2.24, 2.45) is 0 Å². The van der Waals surface area contributed by atoms with Crippen LogP contribution in [0, 0.1) is 0 Å². The van der Waals surface area contributed by atoms with E-state index in [-0.39, 0.29) is 36.0 Å². The summed E-state index contributed by atoms with van der Waals surface area (Å²) in [5.41, 5.74) is 1.27. The van der Waals surface area contributed by atoms with E-state index in [1.165, 1.54) is 6.42 Å². The fourth-order valence-corrected chi connectivity index (χ4v) is 5.78. The number of methoxy groups -OCH3 is 1. The maximum Gasteiger partial charge on any atom is 0.255 e. The first kappa shape index (κ1) is 24.2. The molecule has 4 aliphatic rings. The molecule has 3 atom stereocenters. The van der Waals surface area contributed by atoms with Gasteiger partial charge in [-0.2, -0.15) is 0 Å². The Morgan fingerprint density at radius 2 is 1.94 bits per heavy atom. The standard InChI is InChI=1S/C26H35N3O6/c1-33-26(10-12-34-13-11-26)16-27-20-4-2-3-5-22(20)35-18-6-7-19-17(14-18)15-29(25(19)32)21-8-9-23(30)28-24(21)31/h6-7,14,20-22,27H,2-5,8-13,15-16H2,1H3,(H,28,30,31)/t20-,21?,22-/m0/s1. The molecule has 3 heterocycles. The molecular weight excluding hydrogens is 450 g/mol. The van der Waals surface area contributed by atoms with Crippen LogP contribution in [-0.4, -0.2) is 73.3 Å². The molecule has 35 heavy (non-hydrogen) atoms. The fraction of sp³-hybridized carbons (Fsp3) is 0.654. The summed E-state index contributed by atoms with van der Waals surface area (Å²) in [5.74, 6) is -0.101. The molecule has 3 aliphatic heterocycles. The van der Waals surface area contributed by atoms with E-state index in [2.05, 4.69) is 10.6 Å². The van der Waals surface area contributed by atoms with Gasteiger partial charge in [0, 0.05) is 64.3 Å². The zero-order chi connectivity index (χ0) is 24.4. The maximum absolute atomic E-state index is 13.0. The summed E-state index contributed by atoms with van der Waals surface area (Å²) < 4.78 is 17.9. The molecule has 5 rings (SSSR count). The van der Waals surface area contributed by atoms with Gasteiger partial charge in [0.25, 0.3) is 5.91 Å². The predicted octanol–water partition coefficient (Wildman–Crippen LogP) is 1.92. The Kier molecular flexibility index (Phi) is 7.09. The Balaban J connectivity index is 1.24. The lowest BCUT2D eigenvalue weighted by Crippen LogP contribution is -2.53. The van der Waals surface area contributed by atoms with Gasteiger partial charge in [-0.3, -0.25) is 19.7 Å². The van der Waals surface area contributed by atoms with Gasteiger partial charge in [0.1, 0.15) is 17.9 Å². The number of nitrogens with zero attached hydrogens (tertiary/aromatic N) is 1. The van der Waals surface area contributed by atoms with Crippen LogP contribution < -0.4 is 15.4 Å². The summed E-state index contributed by atoms with van der Waals surface area (Å²) in [5, 5.41) is 6.08. The van der Waals surface area contributed by atoms with E-state index in [4.69, 9.17) is 14.2 Å². The third-order valence-electron chi connectivity index (χ3n) is 8.01. The van der Waals surface area contributed by atoms with Gasteiger partial charge in [-0.1, -0.05) is 6.42 Å². The Hall–Kier alpha value is -2.49. The molecule has 0 spiro atoms. The van der Waals surface area contributed by atoms with Gasteiger partial charge >= 0.3 is 0 Å². The summed E-state index contributed by atoms with van der Waals surface area (Å²) in [4.78, 5) is 38.3. The third kappa shape index (κ3) is 5.08. The minimum absolute atomic E-state index is 0.0406. The largest absolute Gasteiger partial charge is 0.489 e. The molecule has 1 aromatic rings. The monoisotopic (exact) mass is 485 g/mol. The highest BCUT2D eigenvalue weighted by Gasteiger charge is 2.39. The minimum Gasteiger partial charge on any atom is -0.489 e. The van der Waals surface area contributed by atoms with Crippen molar-refractivity contribution >= 4 is 17.7 Å². The quantitative estimate of drug-likeness (QED) is 0.569. The Morgan fingerprint density at radius 3 is 2.71 bits per heavy atom. The Labute approximate surface area is 205 Å². The van der Waals surface area contributed by atoms with E-state index >= 15 is 0 Å². The molecule has 0 radical (unpaired) electrons. The van der Waals surface area contributed by atoms with Gasteiger partial charge in [-0.15, -0.1) is 0 Å². The summed E-state index contributed by atoms with van der Waals surface area (Å²) in [6.07, 6.45) is 6.73. The lowest BCUT2D eigenvalue weighted by molar-refractivity contribution is -0.136. The molecule has 190 valence electrons. The van der Waals surface area contributed by atoms with Crippen molar-refractivity contribution in [3.8, 4) is 5.75 Å². The van der Waals surface area contributed by atoms with E-state index in [1.807, 2.05) is 12.1 Å². The highest BCUT2D eigenvalue weighted by molar-refractivity contribution is 6.05. The number of hydrogen-bond donors (Lipinski definition) is 2. The van der Waals surface area contributed by atoms with Gasteiger partial charge in [0.05, 0.1) is 5.60 Å². The van der Waals surface area contributed by atoms with Crippen molar-refractivity contribution in [1.29, 1.82) is 0 Å². The number of amides is 3. The van der Waals surface area contributed by atoms with Crippen molar-refractivity contribution in [1.82, 2.24) is 15.5 Å². The third-order valence-corrected chi connectivity index (χ3v) is 8.01. The number of fused-ring (bicyclic) bond motifs is 1. The number of carbonyl (C=O) groups is 3. The van der Waals surface area contributed by atoms with E-state index in [0.29, 0.717) is 18.5 Å². The van der Waals surface area contributed by atoms with Crippen molar-refractivity contribution in [2.45, 2.75) is 81.7 Å². The average molecular weight is 486 g/mol. The van der Waals surface area contributed by atoms with Crippen LogP contribution in [0.3, 0.4) is 0 Å². The molecular formula is C26H35N3O6. The Bertz CT molecular complexity index is 976. The van der Waals surface area contributed by atoms with Crippen molar-refractivity contribution in [2.75, 3.05) is 26.9 Å². The molecule has 9 nitrogen and oxygen atoms in total. The SMILES string of the molecule is COC1(CN[C@H]2CCCC[C@@H]2Oc2ccc3c(c2)CN(C2CCC(=O)NC2=O)C3=O)CCOCC1. The van der Waals surface area contributed by atoms with Crippen molar-refractivity contribution in [3.05, 3.63) is 29.3 Å². The van der Waals surface area contributed by atoms with Crippen LogP contribution in [0.5, 0.6) is 5.75 Å². The molecule has 3 amide bonds. The molecule has 1 saturated carbocycles. The first-order chi connectivity index (χ1) is 17.0. The van der Waals surface area contributed by atoms with Crippen molar-refractivity contribution < 1.29 is 28.6 Å². The number of piperidine rings is 1. The van der Waals surface area contributed by atoms with Gasteiger partial charge in [-0.25, -0.2) is 0 Å². The van der Waals surface area contributed by atoms with Crippen LogP contribution >= 0.6 is 0 Å². The van der Waals surface area contributed by atoms with Gasteiger partial charge in [-0.05, 0) is 49.4 Å². The molecule has 9 heteroatoms. The number of hydrogen-bond acceptors (Lipinski definition) is 7. The van der Waals surface area contributed by atoms with E-state index in [9.17, 15) is 14.4 Å². The smallest absolute Gasteiger partial charge is 0.255 e. The van der Waals surface area contributed by atoms with Crippen LogP contribution in [0.1, 0.15) is 67.3 Å². The van der Waals surface area contributed by atoms with Crippen LogP contribution in [0.4, 0.5) is 0 Å². The Morgan fingerprint density at radius 1 is 1.14 bits per heavy atom. The maximum atomic E-state index is 13.0. The van der Waals surface area contributed by atoms with Crippen molar-refractivity contribution in [3.63, 3.8) is 0 Å². The molecule has 1 aliphatic carbocycles. The number of carbonyl (C=O) groups excluding carboxylic acids is 3. The average Bonchev–Trinajstić information content (AvgIpc) is 3.19. The topological polar surface area (TPSA) is 106 Å². The van der Waals surface area contributed by atoms with Gasteiger partial charge < -0.3 is 24.4 Å². The summed E-state index contributed by atoms with van der Waals surface area (Å²) in [7, 11) is 1.78. The molecule has 1 unspecified atom stereocenters. The zero-order valence-corrected chi connectivity index (χ0v) is 20.3.